The van der Waals surface area contributed by atoms with Gasteiger partial charge in [0.25, 0.3) is 0 Å². The van der Waals surface area contributed by atoms with Crippen molar-refractivity contribution in [2.45, 2.75) is 38.8 Å². The summed E-state index contributed by atoms with van der Waals surface area (Å²) in [5.74, 6) is 1.10. The molecule has 1 N–H and O–H groups in total. The van der Waals surface area contributed by atoms with Crippen LogP contribution in [-0.2, 0) is 4.74 Å². The summed E-state index contributed by atoms with van der Waals surface area (Å²) in [4.78, 5) is 6.93. The normalized spacial score (nSPS) is 18.3. The lowest BCUT2D eigenvalue weighted by atomic mass is 10.0. The second-order valence-electron chi connectivity index (χ2n) is 5.15. The summed E-state index contributed by atoms with van der Waals surface area (Å²) < 4.78 is 5.44. The molecule has 0 spiro atoms. The number of hydrogen-bond acceptors (Lipinski definition) is 4. The SMILES string of the molecule is CCNC(C)c1cccnc1N(C)C1CCOCC1. The van der Waals surface area contributed by atoms with E-state index in [1.165, 1.54) is 5.56 Å². The Morgan fingerprint density at radius 3 is 2.89 bits per heavy atom. The molecule has 1 fully saturated rings. The zero-order valence-corrected chi connectivity index (χ0v) is 12.2. The van der Waals surface area contributed by atoms with Gasteiger partial charge in [0, 0.05) is 44.1 Å². The van der Waals surface area contributed by atoms with Crippen LogP contribution in [0.25, 0.3) is 0 Å². The largest absolute Gasteiger partial charge is 0.381 e. The van der Waals surface area contributed by atoms with Crippen LogP contribution in [0, 0.1) is 0 Å². The minimum atomic E-state index is 0.330. The molecule has 0 aromatic carbocycles. The van der Waals surface area contributed by atoms with E-state index in [1.54, 1.807) is 0 Å². The highest BCUT2D eigenvalue weighted by molar-refractivity contribution is 5.48. The summed E-state index contributed by atoms with van der Waals surface area (Å²) in [6.07, 6.45) is 4.05. The van der Waals surface area contributed by atoms with Gasteiger partial charge in [-0.2, -0.15) is 0 Å². The van der Waals surface area contributed by atoms with Gasteiger partial charge in [0.2, 0.25) is 0 Å². The fourth-order valence-electron chi connectivity index (χ4n) is 2.70. The van der Waals surface area contributed by atoms with E-state index < -0.39 is 0 Å². The van der Waals surface area contributed by atoms with Gasteiger partial charge >= 0.3 is 0 Å². The summed E-state index contributed by atoms with van der Waals surface area (Å²) in [7, 11) is 2.15. The Morgan fingerprint density at radius 1 is 1.47 bits per heavy atom. The van der Waals surface area contributed by atoms with Gasteiger partial charge in [0.05, 0.1) is 0 Å². The third kappa shape index (κ3) is 3.45. The van der Waals surface area contributed by atoms with Crippen molar-refractivity contribution in [1.29, 1.82) is 0 Å². The first-order valence-corrected chi connectivity index (χ1v) is 7.23. The predicted octanol–water partition coefficient (Wildman–Crippen LogP) is 2.37. The molecule has 19 heavy (non-hydrogen) atoms. The second kappa shape index (κ2) is 6.87. The molecule has 2 heterocycles. The fraction of sp³-hybridized carbons (Fsp3) is 0.667. The first-order valence-electron chi connectivity index (χ1n) is 7.23. The van der Waals surface area contributed by atoms with Crippen molar-refractivity contribution in [2.75, 3.05) is 31.7 Å². The summed E-state index contributed by atoms with van der Waals surface area (Å²) >= 11 is 0. The van der Waals surface area contributed by atoms with E-state index in [4.69, 9.17) is 4.74 Å². The number of rotatable bonds is 5. The standard InChI is InChI=1S/C15H25N3O/c1-4-16-12(2)14-6-5-9-17-15(14)18(3)13-7-10-19-11-8-13/h5-6,9,12-13,16H,4,7-8,10-11H2,1-3H3. The zero-order valence-electron chi connectivity index (χ0n) is 12.2. The lowest BCUT2D eigenvalue weighted by Crippen LogP contribution is -2.38. The number of pyridine rings is 1. The van der Waals surface area contributed by atoms with Gasteiger partial charge in [-0.25, -0.2) is 4.98 Å². The third-order valence-electron chi connectivity index (χ3n) is 3.87. The van der Waals surface area contributed by atoms with E-state index in [1.807, 2.05) is 12.3 Å². The maximum atomic E-state index is 5.44. The zero-order chi connectivity index (χ0) is 13.7. The lowest BCUT2D eigenvalue weighted by molar-refractivity contribution is 0.0853. The van der Waals surface area contributed by atoms with Gasteiger partial charge in [-0.05, 0) is 32.4 Å². The summed E-state index contributed by atoms with van der Waals surface area (Å²) in [6, 6.07) is 5.06. The first kappa shape index (κ1) is 14.3. The maximum absolute atomic E-state index is 5.44. The molecule has 106 valence electrons. The molecule has 0 amide bonds. The number of hydrogen-bond donors (Lipinski definition) is 1. The Bertz CT molecular complexity index is 391. The molecule has 0 bridgehead atoms. The lowest BCUT2D eigenvalue weighted by Gasteiger charge is -2.34. The molecule has 4 heteroatoms. The van der Waals surface area contributed by atoms with Gasteiger partial charge in [-0.15, -0.1) is 0 Å². The van der Waals surface area contributed by atoms with Crippen molar-refractivity contribution in [3.8, 4) is 0 Å². The van der Waals surface area contributed by atoms with Crippen LogP contribution < -0.4 is 10.2 Å². The Morgan fingerprint density at radius 2 is 2.21 bits per heavy atom. The highest BCUT2D eigenvalue weighted by atomic mass is 16.5. The number of aromatic nitrogens is 1. The Hall–Kier alpha value is -1.13. The highest BCUT2D eigenvalue weighted by Crippen LogP contribution is 2.26. The van der Waals surface area contributed by atoms with Crippen LogP contribution in [0.1, 0.15) is 38.3 Å². The van der Waals surface area contributed by atoms with E-state index >= 15 is 0 Å². The van der Waals surface area contributed by atoms with Crippen LogP contribution in [0.15, 0.2) is 18.3 Å². The van der Waals surface area contributed by atoms with Crippen LogP contribution in [0.5, 0.6) is 0 Å². The molecule has 4 nitrogen and oxygen atoms in total. The Labute approximate surface area is 116 Å². The van der Waals surface area contributed by atoms with Crippen molar-refractivity contribution in [3.05, 3.63) is 23.9 Å². The molecule has 1 aromatic rings. The minimum absolute atomic E-state index is 0.330. The first-order chi connectivity index (χ1) is 9.24. The molecule has 1 aliphatic heterocycles. The molecule has 0 radical (unpaired) electrons. The van der Waals surface area contributed by atoms with Crippen LogP contribution >= 0.6 is 0 Å². The quantitative estimate of drug-likeness (QED) is 0.885. The molecule has 1 aliphatic rings. The van der Waals surface area contributed by atoms with Crippen molar-refractivity contribution in [1.82, 2.24) is 10.3 Å². The molecule has 0 aliphatic carbocycles. The van der Waals surface area contributed by atoms with Crippen molar-refractivity contribution < 1.29 is 4.74 Å². The predicted molar refractivity (Wildman–Crippen MR) is 78.6 cm³/mol. The number of nitrogens with one attached hydrogen (secondary N) is 1. The van der Waals surface area contributed by atoms with Gasteiger partial charge < -0.3 is 15.0 Å². The van der Waals surface area contributed by atoms with E-state index in [0.717, 1.165) is 38.4 Å². The van der Waals surface area contributed by atoms with Gasteiger partial charge in [0.1, 0.15) is 5.82 Å². The van der Waals surface area contributed by atoms with E-state index in [-0.39, 0.29) is 0 Å². The smallest absolute Gasteiger partial charge is 0.133 e. The summed E-state index contributed by atoms with van der Waals surface area (Å²) in [5, 5.41) is 3.47. The second-order valence-corrected chi connectivity index (χ2v) is 5.15. The minimum Gasteiger partial charge on any atom is -0.381 e. The van der Waals surface area contributed by atoms with Gasteiger partial charge in [0.15, 0.2) is 0 Å². The molecule has 0 saturated carbocycles. The molecular weight excluding hydrogens is 238 g/mol. The third-order valence-corrected chi connectivity index (χ3v) is 3.87. The average molecular weight is 263 g/mol. The topological polar surface area (TPSA) is 37.4 Å². The molecule has 1 saturated heterocycles. The van der Waals surface area contributed by atoms with Crippen LogP contribution in [0.4, 0.5) is 5.82 Å². The highest BCUT2D eigenvalue weighted by Gasteiger charge is 2.22. The van der Waals surface area contributed by atoms with E-state index in [2.05, 4.69) is 42.2 Å². The Balaban J connectivity index is 2.17. The average Bonchev–Trinajstić information content (AvgIpc) is 2.47. The van der Waals surface area contributed by atoms with Gasteiger partial charge in [-0.3, -0.25) is 0 Å². The molecule has 1 atom stereocenters. The Kier molecular flexibility index (Phi) is 5.16. The maximum Gasteiger partial charge on any atom is 0.133 e. The number of nitrogens with zero attached hydrogens (tertiary/aromatic N) is 2. The molecule has 1 unspecified atom stereocenters. The van der Waals surface area contributed by atoms with Crippen LogP contribution in [0.2, 0.25) is 0 Å². The summed E-state index contributed by atoms with van der Waals surface area (Å²) in [5.41, 5.74) is 1.28. The van der Waals surface area contributed by atoms with Crippen molar-refractivity contribution in [2.24, 2.45) is 0 Å². The monoisotopic (exact) mass is 263 g/mol. The van der Waals surface area contributed by atoms with Gasteiger partial charge in [-0.1, -0.05) is 13.0 Å². The van der Waals surface area contributed by atoms with Crippen LogP contribution in [-0.4, -0.2) is 37.8 Å². The van der Waals surface area contributed by atoms with Crippen LogP contribution in [0.3, 0.4) is 0 Å². The molecule has 1 aromatic heterocycles. The molecule has 2 rings (SSSR count). The van der Waals surface area contributed by atoms with E-state index in [0.29, 0.717) is 12.1 Å². The van der Waals surface area contributed by atoms with Crippen molar-refractivity contribution in [3.63, 3.8) is 0 Å². The summed E-state index contributed by atoms with van der Waals surface area (Å²) in [6.45, 7) is 7.02. The molecular formula is C15H25N3O. The van der Waals surface area contributed by atoms with E-state index in [9.17, 15) is 0 Å². The number of ether oxygens (including phenoxy) is 1. The van der Waals surface area contributed by atoms with Crippen molar-refractivity contribution >= 4 is 5.82 Å². The number of anilines is 1. The fourth-order valence-corrected chi connectivity index (χ4v) is 2.70.